The van der Waals surface area contributed by atoms with Crippen LogP contribution in [0.25, 0.3) is 10.2 Å². The molecule has 1 aromatic heterocycles. The number of hydrogen-bond donors (Lipinski definition) is 2. The number of aliphatic hydroxyl groups is 1. The SMILES string of the molecule is C=CC(=O)OCCCCCCOc1ccc(OC2CCC(C(=O)Oc3ccc(OOCC4CCC(C(OO)c5ccc(OCCCCCCOC(=O)C=C)cc5)CC4)c(/C=N/N(CCCCCCCCCCO)c4nc5ccccc5s4)c3)CC2)cc1.C=O. The van der Waals surface area contributed by atoms with Crippen LogP contribution in [0.5, 0.6) is 28.7 Å². The van der Waals surface area contributed by atoms with Gasteiger partial charge >= 0.3 is 17.9 Å². The van der Waals surface area contributed by atoms with E-state index in [9.17, 15) is 19.6 Å². The molecule has 1 heterocycles. The number of esters is 3. The van der Waals surface area contributed by atoms with Gasteiger partial charge in [-0.3, -0.25) is 10.1 Å². The van der Waals surface area contributed by atoms with E-state index in [0.717, 1.165) is 167 Å². The quantitative estimate of drug-likeness (QED) is 0.00705. The Morgan fingerprint density at radius 3 is 1.79 bits per heavy atom. The lowest BCUT2D eigenvalue weighted by molar-refractivity contribution is -0.296. The lowest BCUT2D eigenvalue weighted by Gasteiger charge is -2.32. The van der Waals surface area contributed by atoms with Crippen LogP contribution in [-0.2, 0) is 38.4 Å². The average molecular weight is 1250 g/mol. The number of para-hydroxylation sites is 1. The summed E-state index contributed by atoms with van der Waals surface area (Å²) in [6.45, 7) is 12.1. The number of aromatic nitrogens is 1. The molecule has 0 amide bonds. The van der Waals surface area contributed by atoms with Crippen molar-refractivity contribution in [3.05, 3.63) is 127 Å². The van der Waals surface area contributed by atoms with Crippen molar-refractivity contribution in [2.24, 2.45) is 22.9 Å². The summed E-state index contributed by atoms with van der Waals surface area (Å²) in [5.74, 6) is 2.06. The Morgan fingerprint density at radius 2 is 1.19 bits per heavy atom. The number of ether oxygens (including phenoxy) is 6. The maximum absolute atomic E-state index is 13.8. The van der Waals surface area contributed by atoms with Gasteiger partial charge in [-0.2, -0.15) is 9.99 Å². The highest BCUT2D eigenvalue weighted by Crippen LogP contribution is 2.40. The normalized spacial score (nSPS) is 16.7. The van der Waals surface area contributed by atoms with Crippen LogP contribution in [-0.4, -0.2) is 98.5 Å². The highest BCUT2D eigenvalue weighted by atomic mass is 32.1. The third-order valence-electron chi connectivity index (χ3n) is 16.0. The van der Waals surface area contributed by atoms with Crippen LogP contribution in [0, 0.1) is 17.8 Å². The zero-order valence-electron chi connectivity index (χ0n) is 51.8. The van der Waals surface area contributed by atoms with E-state index < -0.39 is 18.0 Å². The number of hydrogen-bond acceptors (Lipinski definition) is 19. The number of unbranched alkanes of at least 4 members (excludes halogenated alkanes) is 13. The van der Waals surface area contributed by atoms with Crippen molar-refractivity contribution in [1.82, 2.24) is 4.98 Å². The van der Waals surface area contributed by atoms with E-state index >= 15 is 0 Å². The van der Waals surface area contributed by atoms with Crippen LogP contribution in [0.3, 0.4) is 0 Å². The molecule has 4 aromatic carbocycles. The van der Waals surface area contributed by atoms with Gasteiger partial charge in [-0.05, 0) is 200 Å². The molecule has 0 bridgehead atoms. The molecule has 1 unspecified atom stereocenters. The van der Waals surface area contributed by atoms with Crippen LogP contribution in [0.15, 0.2) is 121 Å². The van der Waals surface area contributed by atoms with E-state index in [-0.39, 0.29) is 36.4 Å². The zero-order chi connectivity index (χ0) is 63.1. The van der Waals surface area contributed by atoms with Crippen LogP contribution in [0.4, 0.5) is 5.13 Å². The zero-order valence-corrected chi connectivity index (χ0v) is 52.6. The van der Waals surface area contributed by atoms with Gasteiger partial charge in [0, 0.05) is 30.9 Å². The lowest BCUT2D eigenvalue weighted by Crippen LogP contribution is -2.30. The first kappa shape index (κ1) is 70.9. The van der Waals surface area contributed by atoms with Gasteiger partial charge in [0.05, 0.1) is 61.5 Å². The van der Waals surface area contributed by atoms with Crippen LogP contribution in [0.1, 0.15) is 171 Å². The molecule has 0 aliphatic heterocycles. The minimum atomic E-state index is -0.472. The monoisotopic (exact) mass is 1250 g/mol. The summed E-state index contributed by atoms with van der Waals surface area (Å²) >= 11 is 1.59. The van der Waals surface area contributed by atoms with E-state index in [1.165, 1.54) is 12.2 Å². The van der Waals surface area contributed by atoms with Crippen molar-refractivity contribution < 1.29 is 72.6 Å². The average Bonchev–Trinajstić information content (AvgIpc) is 3.91. The summed E-state index contributed by atoms with van der Waals surface area (Å²) in [6, 6.07) is 28.7. The Kier molecular flexibility index (Phi) is 33.4. The predicted molar refractivity (Wildman–Crippen MR) is 346 cm³/mol. The number of fused-ring (bicyclic) bond motifs is 1. The predicted octanol–water partition coefficient (Wildman–Crippen LogP) is 15.3. The Hall–Kier alpha value is -7.16. The van der Waals surface area contributed by atoms with E-state index in [1.54, 1.807) is 35.8 Å². The molecule has 0 saturated heterocycles. The number of aliphatic hydroxyl groups excluding tert-OH is 1. The van der Waals surface area contributed by atoms with Gasteiger partial charge in [-0.1, -0.05) is 87.3 Å². The smallest absolute Gasteiger partial charge is 0.330 e. The molecule has 1 atom stereocenters. The van der Waals surface area contributed by atoms with Crippen molar-refractivity contribution in [1.29, 1.82) is 0 Å². The Balaban J connectivity index is 0.00000625. The Bertz CT molecular complexity index is 2820. The standard InChI is InChI=1S/C69H91N3O14S.CH2O/c1-3-65(74)80-47-21-13-11-19-45-78-57-33-29-54(30-34-57)67(85-77)53-27-25-52(26-28-53)51-82-86-63-42-41-61(49-56(63)50-70-72(43-17-9-7-5-6-8-10-18-44-73)69-71-62-23-15-16-24-64(62)87-69)84-68(76)55-31-35-59(36-32-55)83-60-39-37-58(38-40-60)79-46-20-12-14-22-48-81-66(75)4-2;1-2/h3-4,15-16,23-24,29-30,33-34,37-42,49-50,52-53,55,59,67,73,77H,1-2,5-14,17-22,25-28,31-32,35-36,43-48,51H2;1H2/b70-50+;. The van der Waals surface area contributed by atoms with Gasteiger partial charge in [0.25, 0.3) is 0 Å². The molecule has 0 radical (unpaired) electrons. The van der Waals surface area contributed by atoms with Crippen LogP contribution >= 0.6 is 11.3 Å². The third kappa shape index (κ3) is 26.1. The van der Waals surface area contributed by atoms with Crippen molar-refractivity contribution in [2.75, 3.05) is 51.2 Å². The fourth-order valence-electron chi connectivity index (χ4n) is 10.9. The maximum Gasteiger partial charge on any atom is 0.330 e. The number of thiazole rings is 1. The first-order valence-corrected chi connectivity index (χ1v) is 32.8. The number of carbonyl (C=O) groups excluding carboxylic acids is 4. The molecule has 18 nitrogen and oxygen atoms in total. The van der Waals surface area contributed by atoms with Crippen LogP contribution in [0.2, 0.25) is 0 Å². The number of benzene rings is 4. The summed E-state index contributed by atoms with van der Waals surface area (Å²) in [5, 5.41) is 27.0. The minimum absolute atomic E-state index is 0.0270. The third-order valence-corrected chi connectivity index (χ3v) is 17.0. The second-order valence-electron chi connectivity index (χ2n) is 22.6. The second kappa shape index (κ2) is 41.9. The molecular weight excluding hydrogens is 1150 g/mol. The fourth-order valence-corrected chi connectivity index (χ4v) is 11.9. The van der Waals surface area contributed by atoms with Crippen molar-refractivity contribution in [2.45, 2.75) is 166 Å². The van der Waals surface area contributed by atoms with Gasteiger partial charge in [-0.15, -0.1) is 0 Å². The summed E-state index contributed by atoms with van der Waals surface area (Å²) in [4.78, 5) is 66.5. The minimum Gasteiger partial charge on any atom is -0.494 e. The Labute approximate surface area is 529 Å². The highest BCUT2D eigenvalue weighted by molar-refractivity contribution is 7.22. The number of carbonyl (C=O) groups is 4. The van der Waals surface area contributed by atoms with Gasteiger partial charge in [0.2, 0.25) is 5.13 Å². The van der Waals surface area contributed by atoms with Gasteiger partial charge in [0.1, 0.15) is 35.9 Å². The van der Waals surface area contributed by atoms with E-state index in [0.29, 0.717) is 82.3 Å². The first-order chi connectivity index (χ1) is 43.7. The molecule has 19 heteroatoms. The number of rotatable bonds is 42. The van der Waals surface area contributed by atoms with E-state index in [2.05, 4.69) is 19.2 Å². The first-order valence-electron chi connectivity index (χ1n) is 31.9. The van der Waals surface area contributed by atoms with Crippen molar-refractivity contribution in [3.63, 3.8) is 0 Å². The fraction of sp³-hybridized carbons (Fsp3) is 0.514. The summed E-state index contributed by atoms with van der Waals surface area (Å²) in [7, 11) is 0. The van der Waals surface area contributed by atoms with E-state index in [1.807, 2.05) is 78.5 Å². The molecule has 2 N–H and O–H groups in total. The van der Waals surface area contributed by atoms with Gasteiger partial charge in [-0.25, -0.2) is 24.5 Å². The topological polar surface area (TPSA) is 220 Å². The number of hydrazone groups is 1. The molecule has 2 aliphatic carbocycles. The number of nitrogens with zero attached hydrogens (tertiary/aromatic N) is 3. The number of anilines is 1. The summed E-state index contributed by atoms with van der Waals surface area (Å²) < 4.78 is 35.5. The summed E-state index contributed by atoms with van der Waals surface area (Å²) in [6.07, 6.45) is 25.3. The van der Waals surface area contributed by atoms with Gasteiger partial charge < -0.3 is 43.2 Å². The molecule has 2 fully saturated rings. The Morgan fingerprint density at radius 1 is 0.640 bits per heavy atom. The molecule has 0 spiro atoms. The highest BCUT2D eigenvalue weighted by Gasteiger charge is 2.31. The van der Waals surface area contributed by atoms with Crippen molar-refractivity contribution >= 4 is 57.6 Å². The van der Waals surface area contributed by atoms with Crippen molar-refractivity contribution in [3.8, 4) is 28.7 Å². The maximum atomic E-state index is 13.8. The van der Waals surface area contributed by atoms with Crippen LogP contribution < -0.4 is 28.8 Å². The molecule has 2 saturated carbocycles. The van der Waals surface area contributed by atoms with E-state index in [4.69, 9.17) is 63.1 Å². The molecule has 5 aromatic rings. The molecule has 484 valence electrons. The summed E-state index contributed by atoms with van der Waals surface area (Å²) in [5.41, 5.74) is 2.37. The largest absolute Gasteiger partial charge is 0.494 e. The lowest BCUT2D eigenvalue weighted by atomic mass is 9.78. The molecular formula is C70H93N3O15S. The molecule has 2 aliphatic rings. The molecule has 89 heavy (non-hydrogen) atoms. The molecule has 7 rings (SSSR count). The second-order valence-corrected chi connectivity index (χ2v) is 23.6. The van der Waals surface area contributed by atoms with Gasteiger partial charge in [0.15, 0.2) is 5.75 Å².